The fraction of sp³-hybridized carbons (Fsp3) is 0.455. The Bertz CT molecular complexity index is 710. The van der Waals surface area contributed by atoms with E-state index in [2.05, 4.69) is 47.6 Å². The number of aliphatic hydroxyl groups excluding tert-OH is 1. The Labute approximate surface area is 161 Å². The lowest BCUT2D eigenvalue weighted by molar-refractivity contribution is 0.143. The fourth-order valence-corrected chi connectivity index (χ4v) is 4.36. The van der Waals surface area contributed by atoms with E-state index in [-0.39, 0.29) is 30.7 Å². The summed E-state index contributed by atoms with van der Waals surface area (Å²) in [6.45, 7) is 0.772. The third kappa shape index (κ3) is 4.10. The van der Waals surface area contributed by atoms with Crippen molar-refractivity contribution in [2.75, 3.05) is 39.4 Å². The van der Waals surface area contributed by atoms with Gasteiger partial charge in [0.1, 0.15) is 5.75 Å². The number of ether oxygens (including phenoxy) is 2. The van der Waals surface area contributed by atoms with Gasteiger partial charge in [0.25, 0.3) is 0 Å². The molecule has 0 amide bonds. The zero-order valence-corrected chi connectivity index (χ0v) is 16.3. The number of likely N-dealkylation sites (N-methyl/N-ethyl adjacent to an activating group) is 1. The molecule has 27 heavy (non-hydrogen) atoms. The van der Waals surface area contributed by atoms with E-state index in [1.807, 2.05) is 24.3 Å². The van der Waals surface area contributed by atoms with E-state index in [9.17, 15) is 5.11 Å². The molecule has 0 bridgehead atoms. The fourth-order valence-electron chi connectivity index (χ4n) is 4.36. The van der Waals surface area contributed by atoms with Crippen LogP contribution in [0.4, 0.5) is 5.69 Å². The van der Waals surface area contributed by atoms with Crippen molar-refractivity contribution in [2.24, 2.45) is 5.92 Å². The van der Waals surface area contributed by atoms with Crippen molar-refractivity contribution in [3.8, 4) is 5.75 Å². The van der Waals surface area contributed by atoms with Crippen LogP contribution in [0.3, 0.4) is 0 Å². The molecule has 4 unspecified atom stereocenters. The largest absolute Gasteiger partial charge is 0.495 e. The number of hydrogen-bond acceptors (Lipinski definition) is 5. The normalized spacial score (nSPS) is 24.7. The van der Waals surface area contributed by atoms with E-state index < -0.39 is 0 Å². The van der Waals surface area contributed by atoms with Gasteiger partial charge in [-0.1, -0.05) is 42.5 Å². The maximum atomic E-state index is 9.73. The van der Waals surface area contributed by atoms with Crippen molar-refractivity contribution < 1.29 is 14.6 Å². The molecular formula is C22H30N2O3. The highest BCUT2D eigenvalue weighted by atomic mass is 16.5. The first-order chi connectivity index (χ1) is 13.2. The van der Waals surface area contributed by atoms with Crippen molar-refractivity contribution in [3.05, 3.63) is 60.2 Å². The van der Waals surface area contributed by atoms with Crippen LogP contribution in [0.25, 0.3) is 0 Å². The number of para-hydroxylation sites is 2. The van der Waals surface area contributed by atoms with E-state index in [4.69, 9.17) is 9.47 Å². The predicted molar refractivity (Wildman–Crippen MR) is 108 cm³/mol. The summed E-state index contributed by atoms with van der Waals surface area (Å²) >= 11 is 0. The minimum Gasteiger partial charge on any atom is -0.495 e. The summed E-state index contributed by atoms with van der Waals surface area (Å²) in [5.41, 5.74) is 2.29. The number of benzene rings is 2. The van der Waals surface area contributed by atoms with Crippen LogP contribution in [0.2, 0.25) is 0 Å². The first-order valence-corrected chi connectivity index (χ1v) is 9.48. The third-order valence-corrected chi connectivity index (χ3v) is 5.57. The van der Waals surface area contributed by atoms with Gasteiger partial charge < -0.3 is 24.8 Å². The molecule has 1 aliphatic heterocycles. The lowest BCUT2D eigenvalue weighted by Crippen LogP contribution is -2.41. The second-order valence-electron chi connectivity index (χ2n) is 7.07. The number of nitrogens with one attached hydrogen (secondary N) is 1. The molecule has 1 aliphatic rings. The van der Waals surface area contributed by atoms with Crippen LogP contribution in [0.15, 0.2) is 54.6 Å². The van der Waals surface area contributed by atoms with Crippen LogP contribution >= 0.6 is 0 Å². The monoisotopic (exact) mass is 370 g/mol. The van der Waals surface area contributed by atoms with Gasteiger partial charge in [-0.2, -0.15) is 0 Å². The summed E-state index contributed by atoms with van der Waals surface area (Å²) in [4.78, 5) is 2.29. The van der Waals surface area contributed by atoms with Crippen molar-refractivity contribution >= 4 is 5.69 Å². The van der Waals surface area contributed by atoms with Crippen molar-refractivity contribution in [2.45, 2.75) is 24.5 Å². The van der Waals surface area contributed by atoms with E-state index >= 15 is 0 Å². The number of nitrogens with zero attached hydrogens (tertiary/aromatic N) is 1. The maximum Gasteiger partial charge on any atom is 0.142 e. The van der Waals surface area contributed by atoms with Gasteiger partial charge in [0.2, 0.25) is 0 Å². The van der Waals surface area contributed by atoms with Crippen LogP contribution < -0.4 is 15.0 Å². The molecule has 0 aliphatic carbocycles. The molecule has 1 fully saturated rings. The van der Waals surface area contributed by atoms with Gasteiger partial charge in [0.15, 0.2) is 0 Å². The van der Waals surface area contributed by atoms with E-state index in [1.165, 1.54) is 5.56 Å². The molecule has 0 radical (unpaired) electrons. The molecule has 5 nitrogen and oxygen atoms in total. The molecule has 146 valence electrons. The number of hydrogen-bond donors (Lipinski definition) is 2. The SMILES string of the molecule is COCC1NC(c2ccccc2)C(N(C)c2ccccc2OC)C1CCO. The lowest BCUT2D eigenvalue weighted by atomic mass is 9.87. The molecule has 0 spiro atoms. The molecule has 1 heterocycles. The van der Waals surface area contributed by atoms with E-state index in [0.717, 1.165) is 11.4 Å². The molecule has 0 aromatic heterocycles. The second-order valence-corrected chi connectivity index (χ2v) is 7.07. The number of anilines is 1. The number of methoxy groups -OCH3 is 2. The zero-order chi connectivity index (χ0) is 19.2. The molecule has 5 heteroatoms. The first-order valence-electron chi connectivity index (χ1n) is 9.48. The minimum absolute atomic E-state index is 0.137. The predicted octanol–water partition coefficient (Wildman–Crippen LogP) is 2.86. The summed E-state index contributed by atoms with van der Waals surface area (Å²) in [6.07, 6.45) is 0.717. The van der Waals surface area contributed by atoms with E-state index in [1.54, 1.807) is 14.2 Å². The Kier molecular flexibility index (Phi) is 6.72. The van der Waals surface area contributed by atoms with Crippen LogP contribution in [0, 0.1) is 5.92 Å². The molecule has 4 atom stereocenters. The number of aliphatic hydroxyl groups is 1. The highest BCUT2D eigenvalue weighted by Crippen LogP contribution is 2.40. The molecule has 3 rings (SSSR count). The average Bonchev–Trinajstić information content (AvgIpc) is 3.07. The van der Waals surface area contributed by atoms with Crippen molar-refractivity contribution in [3.63, 3.8) is 0 Å². The van der Waals surface area contributed by atoms with Crippen LogP contribution in [0.1, 0.15) is 18.0 Å². The topological polar surface area (TPSA) is 54.0 Å². The van der Waals surface area contributed by atoms with Gasteiger partial charge in [-0.15, -0.1) is 0 Å². The molecule has 0 saturated carbocycles. The Hall–Kier alpha value is -2.08. The first kappa shape index (κ1) is 19.7. The van der Waals surface area contributed by atoms with Gasteiger partial charge in [-0.3, -0.25) is 0 Å². The van der Waals surface area contributed by atoms with Crippen LogP contribution in [-0.2, 0) is 4.74 Å². The molecule has 2 aromatic rings. The second kappa shape index (κ2) is 9.22. The Morgan fingerprint density at radius 1 is 1.04 bits per heavy atom. The summed E-state index contributed by atoms with van der Waals surface area (Å²) in [5.74, 6) is 1.10. The molecule has 2 aromatic carbocycles. The van der Waals surface area contributed by atoms with Crippen LogP contribution in [-0.4, -0.2) is 51.7 Å². The summed E-state index contributed by atoms with van der Waals surface area (Å²) < 4.78 is 11.1. The van der Waals surface area contributed by atoms with Crippen LogP contribution in [0.5, 0.6) is 5.75 Å². The zero-order valence-electron chi connectivity index (χ0n) is 16.3. The van der Waals surface area contributed by atoms with Gasteiger partial charge in [0.05, 0.1) is 31.5 Å². The summed E-state index contributed by atoms with van der Waals surface area (Å²) in [6, 6.07) is 19.1. The molecule has 2 N–H and O–H groups in total. The van der Waals surface area contributed by atoms with Gasteiger partial charge in [-0.05, 0) is 24.1 Å². The number of rotatable bonds is 8. The smallest absolute Gasteiger partial charge is 0.142 e. The Morgan fingerprint density at radius 2 is 1.74 bits per heavy atom. The van der Waals surface area contributed by atoms with Crippen molar-refractivity contribution in [1.82, 2.24) is 5.32 Å². The average molecular weight is 370 g/mol. The lowest BCUT2D eigenvalue weighted by Gasteiger charge is -2.36. The highest BCUT2D eigenvalue weighted by molar-refractivity contribution is 5.59. The molecule has 1 saturated heterocycles. The Morgan fingerprint density at radius 3 is 2.41 bits per heavy atom. The van der Waals surface area contributed by atoms with Gasteiger partial charge in [0, 0.05) is 32.7 Å². The summed E-state index contributed by atoms with van der Waals surface area (Å²) in [5, 5.41) is 13.5. The maximum absolute atomic E-state index is 9.73. The summed E-state index contributed by atoms with van der Waals surface area (Å²) in [7, 11) is 5.54. The standard InChI is InChI=1S/C22H30N2O3/c1-24(19-11-7-8-12-20(19)27-3)22-17(13-14-25)18(15-26-2)23-21(22)16-9-5-4-6-10-16/h4-12,17-18,21-23,25H,13-15H2,1-3H3. The van der Waals surface area contributed by atoms with Gasteiger partial charge >= 0.3 is 0 Å². The van der Waals surface area contributed by atoms with Crippen molar-refractivity contribution in [1.29, 1.82) is 0 Å². The minimum atomic E-state index is 0.137. The van der Waals surface area contributed by atoms with E-state index in [0.29, 0.717) is 13.0 Å². The quantitative estimate of drug-likeness (QED) is 0.748. The third-order valence-electron chi connectivity index (χ3n) is 5.57. The highest BCUT2D eigenvalue weighted by Gasteiger charge is 2.45. The Balaban J connectivity index is 2.01. The molecular weight excluding hydrogens is 340 g/mol. The van der Waals surface area contributed by atoms with Gasteiger partial charge in [-0.25, -0.2) is 0 Å².